The Labute approximate surface area is 131 Å². The third-order valence-corrected chi connectivity index (χ3v) is 3.79. The van der Waals surface area contributed by atoms with Crippen molar-refractivity contribution in [2.75, 3.05) is 20.7 Å². The van der Waals surface area contributed by atoms with Gasteiger partial charge in [-0.05, 0) is 42.4 Å². The normalized spacial score (nSPS) is 12.4. The molecule has 2 aromatic carbocycles. The third kappa shape index (κ3) is 4.21. The standard InChI is InChI=1S/C17H21ClN2O/c1-20(12-13-5-3-7-15(18)9-13)17(11-19)14-6-4-8-16(10-14)21-2/h3-10,17H,11-12,19H2,1-2H3. The van der Waals surface area contributed by atoms with Crippen molar-refractivity contribution in [2.24, 2.45) is 5.73 Å². The summed E-state index contributed by atoms with van der Waals surface area (Å²) < 4.78 is 5.29. The lowest BCUT2D eigenvalue weighted by atomic mass is 10.0. The van der Waals surface area contributed by atoms with Crippen LogP contribution in [-0.2, 0) is 6.54 Å². The van der Waals surface area contributed by atoms with E-state index in [9.17, 15) is 0 Å². The Morgan fingerprint density at radius 1 is 1.19 bits per heavy atom. The largest absolute Gasteiger partial charge is 0.497 e. The van der Waals surface area contributed by atoms with Gasteiger partial charge < -0.3 is 10.5 Å². The van der Waals surface area contributed by atoms with Crippen LogP contribution < -0.4 is 10.5 Å². The number of rotatable bonds is 6. The molecule has 0 amide bonds. The lowest BCUT2D eigenvalue weighted by molar-refractivity contribution is 0.241. The van der Waals surface area contributed by atoms with Gasteiger partial charge >= 0.3 is 0 Å². The molecule has 0 spiro atoms. The number of nitrogens with zero attached hydrogens (tertiary/aromatic N) is 1. The number of nitrogens with two attached hydrogens (primary N) is 1. The van der Waals surface area contributed by atoms with Crippen LogP contribution in [0.1, 0.15) is 17.2 Å². The Balaban J connectivity index is 2.16. The highest BCUT2D eigenvalue weighted by Crippen LogP contribution is 2.24. The summed E-state index contributed by atoms with van der Waals surface area (Å²) >= 11 is 6.04. The van der Waals surface area contributed by atoms with Crippen molar-refractivity contribution in [2.45, 2.75) is 12.6 Å². The fraction of sp³-hybridized carbons (Fsp3) is 0.294. The van der Waals surface area contributed by atoms with Gasteiger partial charge in [0.25, 0.3) is 0 Å². The highest BCUT2D eigenvalue weighted by molar-refractivity contribution is 6.30. The minimum atomic E-state index is 0.138. The highest BCUT2D eigenvalue weighted by Gasteiger charge is 2.16. The van der Waals surface area contributed by atoms with Crippen molar-refractivity contribution < 1.29 is 4.74 Å². The van der Waals surface area contributed by atoms with Gasteiger partial charge in [0.15, 0.2) is 0 Å². The molecule has 0 aromatic heterocycles. The summed E-state index contributed by atoms with van der Waals surface area (Å²) in [5.74, 6) is 0.849. The Morgan fingerprint density at radius 3 is 2.62 bits per heavy atom. The first kappa shape index (κ1) is 15.8. The molecule has 0 aliphatic heterocycles. The molecule has 0 radical (unpaired) electrons. The summed E-state index contributed by atoms with van der Waals surface area (Å²) in [6.07, 6.45) is 0. The minimum Gasteiger partial charge on any atom is -0.497 e. The second-order valence-corrected chi connectivity index (χ2v) is 5.51. The zero-order valence-electron chi connectivity index (χ0n) is 12.4. The molecule has 0 bridgehead atoms. The molecule has 1 unspecified atom stereocenters. The van der Waals surface area contributed by atoms with Crippen LogP contribution in [0.2, 0.25) is 5.02 Å². The summed E-state index contributed by atoms with van der Waals surface area (Å²) in [7, 11) is 3.74. The first-order chi connectivity index (χ1) is 10.1. The second kappa shape index (κ2) is 7.46. The fourth-order valence-corrected chi connectivity index (χ4v) is 2.67. The number of hydrogen-bond donors (Lipinski definition) is 1. The van der Waals surface area contributed by atoms with Crippen LogP contribution in [0.25, 0.3) is 0 Å². The second-order valence-electron chi connectivity index (χ2n) is 5.07. The molecule has 4 heteroatoms. The van der Waals surface area contributed by atoms with Gasteiger partial charge in [-0.3, -0.25) is 4.90 Å². The molecule has 0 aliphatic carbocycles. The van der Waals surface area contributed by atoms with Crippen molar-refractivity contribution in [3.63, 3.8) is 0 Å². The molecule has 112 valence electrons. The average Bonchev–Trinajstić information content (AvgIpc) is 2.48. The summed E-state index contributed by atoms with van der Waals surface area (Å²) in [6.45, 7) is 1.34. The van der Waals surface area contributed by atoms with E-state index in [0.717, 1.165) is 22.9 Å². The van der Waals surface area contributed by atoms with E-state index in [0.29, 0.717) is 6.54 Å². The molecular weight excluding hydrogens is 284 g/mol. The van der Waals surface area contributed by atoms with E-state index in [2.05, 4.69) is 24.1 Å². The predicted molar refractivity (Wildman–Crippen MR) is 87.7 cm³/mol. The predicted octanol–water partition coefficient (Wildman–Crippen LogP) is 3.48. The molecule has 2 aromatic rings. The number of methoxy groups -OCH3 is 1. The van der Waals surface area contributed by atoms with Gasteiger partial charge in [-0.2, -0.15) is 0 Å². The van der Waals surface area contributed by atoms with Crippen molar-refractivity contribution in [1.29, 1.82) is 0 Å². The highest BCUT2D eigenvalue weighted by atomic mass is 35.5. The Bertz CT molecular complexity index is 589. The maximum atomic E-state index is 6.04. The monoisotopic (exact) mass is 304 g/mol. The van der Waals surface area contributed by atoms with Gasteiger partial charge in [-0.25, -0.2) is 0 Å². The van der Waals surface area contributed by atoms with Gasteiger partial charge in [-0.15, -0.1) is 0 Å². The molecule has 2 rings (SSSR count). The van der Waals surface area contributed by atoms with Crippen molar-refractivity contribution in [1.82, 2.24) is 4.90 Å². The molecule has 21 heavy (non-hydrogen) atoms. The fourth-order valence-electron chi connectivity index (χ4n) is 2.45. The van der Waals surface area contributed by atoms with Crippen molar-refractivity contribution in [3.05, 3.63) is 64.7 Å². The number of ether oxygens (including phenoxy) is 1. The van der Waals surface area contributed by atoms with Crippen LogP contribution >= 0.6 is 11.6 Å². The van der Waals surface area contributed by atoms with E-state index < -0.39 is 0 Å². The van der Waals surface area contributed by atoms with E-state index in [1.165, 1.54) is 5.56 Å². The van der Waals surface area contributed by atoms with Crippen LogP contribution in [0.15, 0.2) is 48.5 Å². The Kier molecular flexibility index (Phi) is 5.62. The summed E-state index contributed by atoms with van der Waals surface area (Å²) in [5, 5.41) is 0.756. The summed E-state index contributed by atoms with van der Waals surface area (Å²) in [4.78, 5) is 2.22. The SMILES string of the molecule is COc1cccc(C(CN)N(C)Cc2cccc(Cl)c2)c1. The summed E-state index contributed by atoms with van der Waals surface area (Å²) in [5.41, 5.74) is 8.30. The maximum Gasteiger partial charge on any atom is 0.119 e. The van der Waals surface area contributed by atoms with Gasteiger partial charge in [-0.1, -0.05) is 35.9 Å². The van der Waals surface area contributed by atoms with Crippen LogP contribution in [-0.4, -0.2) is 25.6 Å². The lowest BCUT2D eigenvalue weighted by Crippen LogP contribution is -2.30. The molecule has 0 fully saturated rings. The van der Waals surface area contributed by atoms with Crippen LogP contribution in [0.4, 0.5) is 0 Å². The topological polar surface area (TPSA) is 38.5 Å². The zero-order chi connectivity index (χ0) is 15.2. The third-order valence-electron chi connectivity index (χ3n) is 3.55. The van der Waals surface area contributed by atoms with E-state index in [4.69, 9.17) is 22.1 Å². The average molecular weight is 305 g/mol. The number of likely N-dealkylation sites (N-methyl/N-ethyl adjacent to an activating group) is 1. The molecule has 0 aliphatic rings. The molecule has 0 heterocycles. The lowest BCUT2D eigenvalue weighted by Gasteiger charge is -2.27. The van der Waals surface area contributed by atoms with Gasteiger partial charge in [0, 0.05) is 24.2 Å². The first-order valence-electron chi connectivity index (χ1n) is 6.92. The van der Waals surface area contributed by atoms with Gasteiger partial charge in [0.1, 0.15) is 5.75 Å². The smallest absolute Gasteiger partial charge is 0.119 e. The molecule has 2 N–H and O–H groups in total. The Hall–Kier alpha value is -1.55. The summed E-state index contributed by atoms with van der Waals surface area (Å²) in [6, 6.07) is 16.1. The van der Waals surface area contributed by atoms with Gasteiger partial charge in [0.05, 0.1) is 7.11 Å². The molecule has 0 saturated carbocycles. The maximum absolute atomic E-state index is 6.04. The first-order valence-corrected chi connectivity index (χ1v) is 7.30. The van der Waals surface area contributed by atoms with Gasteiger partial charge in [0.2, 0.25) is 0 Å². The zero-order valence-corrected chi connectivity index (χ0v) is 13.2. The van der Waals surface area contributed by atoms with E-state index in [1.54, 1.807) is 7.11 Å². The molecule has 1 atom stereocenters. The quantitative estimate of drug-likeness (QED) is 0.888. The van der Waals surface area contributed by atoms with Crippen molar-refractivity contribution >= 4 is 11.6 Å². The molecule has 0 saturated heterocycles. The number of benzene rings is 2. The van der Waals surface area contributed by atoms with E-state index in [-0.39, 0.29) is 6.04 Å². The molecular formula is C17H21ClN2O. The molecule has 3 nitrogen and oxygen atoms in total. The van der Waals surface area contributed by atoms with E-state index >= 15 is 0 Å². The number of hydrogen-bond acceptors (Lipinski definition) is 3. The van der Waals surface area contributed by atoms with Crippen LogP contribution in [0.3, 0.4) is 0 Å². The van der Waals surface area contributed by atoms with Crippen LogP contribution in [0, 0.1) is 0 Å². The minimum absolute atomic E-state index is 0.138. The van der Waals surface area contributed by atoms with Crippen LogP contribution in [0.5, 0.6) is 5.75 Å². The van der Waals surface area contributed by atoms with E-state index in [1.807, 2.05) is 36.4 Å². The Morgan fingerprint density at radius 2 is 1.95 bits per heavy atom. The number of halogens is 1. The van der Waals surface area contributed by atoms with Crippen molar-refractivity contribution in [3.8, 4) is 5.75 Å².